The van der Waals surface area contributed by atoms with Crippen LogP contribution in [-0.2, 0) is 0 Å². The number of aromatic amines is 2. The van der Waals surface area contributed by atoms with Crippen molar-refractivity contribution in [3.63, 3.8) is 0 Å². The lowest BCUT2D eigenvalue weighted by molar-refractivity contribution is 0.0844. The van der Waals surface area contributed by atoms with Crippen molar-refractivity contribution in [1.29, 1.82) is 0 Å². The molecule has 32 heteroatoms. The fourth-order valence-electron chi connectivity index (χ4n) is 13.4. The minimum absolute atomic E-state index is 0.117. The largest absolute Gasteiger partial charge is 0.458 e. The van der Waals surface area contributed by atoms with Crippen LogP contribution in [0.4, 0.5) is 23.3 Å². The highest BCUT2D eigenvalue weighted by molar-refractivity contribution is 7.12. The molecule has 0 saturated heterocycles. The maximum atomic E-state index is 12.7. The summed E-state index contributed by atoms with van der Waals surface area (Å²) in [6.45, 7) is 31.4. The van der Waals surface area contributed by atoms with E-state index in [0.717, 1.165) is 118 Å². The van der Waals surface area contributed by atoms with Crippen LogP contribution in [0.15, 0.2) is 132 Å². The maximum absolute atomic E-state index is 12.7. The minimum Gasteiger partial charge on any atom is -0.458 e. The van der Waals surface area contributed by atoms with E-state index in [4.69, 9.17) is 73.8 Å². The zero-order valence-electron chi connectivity index (χ0n) is 72.9. The van der Waals surface area contributed by atoms with E-state index >= 15 is 0 Å². The first kappa shape index (κ1) is 99.0. The Kier molecular flexibility index (Phi) is 37.6. The van der Waals surface area contributed by atoms with Gasteiger partial charge in [-0.15, -0.1) is 11.3 Å². The number of likely N-dealkylation sites (N-methyl/N-ethyl adjacent to an activating group) is 4. The summed E-state index contributed by atoms with van der Waals surface area (Å²) in [5.41, 5.74) is 32.3. The number of nitrogen functional groups attached to an aromatic ring is 4. The van der Waals surface area contributed by atoms with Crippen LogP contribution < -0.4 is 44.2 Å². The molecule has 0 bridgehead atoms. The normalized spacial score (nSPS) is 11.9. The molecule has 8 heterocycles. The van der Waals surface area contributed by atoms with Gasteiger partial charge in [-0.25, -0.2) is 19.9 Å². The van der Waals surface area contributed by atoms with Crippen molar-refractivity contribution in [2.75, 3.05) is 128 Å². The Labute approximate surface area is 764 Å². The molecule has 127 heavy (non-hydrogen) atoms. The van der Waals surface area contributed by atoms with Gasteiger partial charge < -0.3 is 98.6 Å². The summed E-state index contributed by atoms with van der Waals surface area (Å²) in [4.78, 5) is 81.9. The molecule has 12 rings (SSSR count). The van der Waals surface area contributed by atoms with Crippen LogP contribution in [0.5, 0.6) is 0 Å². The third-order valence-electron chi connectivity index (χ3n) is 20.8. The number of carbonyl (C=O) groups excluding carboxylic acids is 4. The smallest absolute Gasteiger partial charge is 0.287 e. The lowest BCUT2D eigenvalue weighted by Crippen LogP contribution is -2.40. The molecule has 27 nitrogen and oxygen atoms in total. The van der Waals surface area contributed by atoms with E-state index in [1.807, 2.05) is 124 Å². The van der Waals surface area contributed by atoms with Crippen molar-refractivity contribution in [3.05, 3.63) is 231 Å². The number of benzene rings is 4. The predicted molar refractivity (Wildman–Crippen MR) is 512 cm³/mol. The number of nitrogens with zero attached hydrogens (tertiary/aromatic N) is 8. The number of aromatic nitrogens is 6. The van der Waals surface area contributed by atoms with Crippen molar-refractivity contribution in [1.82, 2.24) is 70.8 Å². The Morgan fingerprint density at radius 3 is 1.14 bits per heavy atom. The number of hydrogen-bond donors (Lipinski definition) is 14. The van der Waals surface area contributed by atoms with E-state index in [-0.39, 0.29) is 49.7 Å². The van der Waals surface area contributed by atoms with Gasteiger partial charge in [-0.3, -0.25) is 19.2 Å². The van der Waals surface area contributed by atoms with Crippen LogP contribution in [0.3, 0.4) is 0 Å². The molecule has 4 unspecified atom stereocenters. The van der Waals surface area contributed by atoms with Crippen molar-refractivity contribution in [2.24, 2.45) is 0 Å². The number of nitrogens with two attached hydrogens (primary N) is 4. The number of fused-ring (bicyclic) bond motifs is 4. The van der Waals surface area contributed by atoms with Gasteiger partial charge in [0.15, 0.2) is 5.76 Å². The highest BCUT2D eigenvalue weighted by Crippen LogP contribution is 2.31. The molecule has 18 N–H and O–H groups in total. The fourth-order valence-corrected chi connectivity index (χ4v) is 14.9. The standard InChI is InChI=1S/C25H30ClN5O2.C24H28ClN5O2.C23H25ClN4O3.C23H25ClN4O2S/c1-5-31(6-2)14-19(32)13-29-25(33)23-15(3)20(16(4)30-23)9-10-21-22-11-18(26)8-7-17(22)12-28-24(21)27;1-4-30(5-2)14-19(31)13-28-24(32)22-10-16(15(3)29-22)7-9-20-21-11-18(25)8-6-17(21)12-27-23(20)26;2*1-3-28(4-2)13-18(29)12-27-23(30)21-9-15(14-31-21)5-8-19-20-10-17(24)7-6-16(20)11-26-22(19)25/h7-8,11-12,19,30,32H,5-6,13-14H2,1-4H3,(H2,27,28)(H,29,33);6,8,10-12,19,29,31H,4-5,13-14H2,1-3H3,(H2,26,27)(H,28,32);2*6-7,9-11,14,18,29H,3-4,12-13H2,1-2H3,(H2,25,26)(H,27,30). The first-order valence-electron chi connectivity index (χ1n) is 41.6. The van der Waals surface area contributed by atoms with Gasteiger partial charge >= 0.3 is 0 Å². The van der Waals surface area contributed by atoms with E-state index < -0.39 is 30.3 Å². The molecular formula is C95H108Cl4N18O9S. The van der Waals surface area contributed by atoms with Crippen LogP contribution in [0.2, 0.25) is 20.1 Å². The fraction of sp³-hybridized carbons (Fsp3) is 0.326. The van der Waals surface area contributed by atoms with Crippen molar-refractivity contribution >= 4 is 148 Å². The monoisotopic (exact) mass is 1820 g/mol. The number of aliphatic hydroxyl groups is 4. The lowest BCUT2D eigenvalue weighted by atomic mass is 10.1. The highest BCUT2D eigenvalue weighted by Gasteiger charge is 2.22. The quantitative estimate of drug-likeness (QED) is 0.0203. The number of aryl methyl sites for hydroxylation is 2. The second-order valence-electron chi connectivity index (χ2n) is 29.6. The van der Waals surface area contributed by atoms with E-state index in [1.54, 1.807) is 73.3 Å². The molecule has 4 aromatic carbocycles. The summed E-state index contributed by atoms with van der Waals surface area (Å²) in [6.07, 6.45) is 5.58. The van der Waals surface area contributed by atoms with E-state index in [0.29, 0.717) is 125 Å². The molecule has 8 aromatic heterocycles. The zero-order chi connectivity index (χ0) is 92.1. The molecule has 0 aliphatic heterocycles. The summed E-state index contributed by atoms with van der Waals surface area (Å²) < 4.78 is 5.33. The van der Waals surface area contributed by atoms with Crippen LogP contribution in [-0.4, -0.2) is 223 Å². The number of anilines is 4. The molecule has 0 spiro atoms. The van der Waals surface area contributed by atoms with Gasteiger partial charge in [0.25, 0.3) is 23.6 Å². The summed E-state index contributed by atoms with van der Waals surface area (Å²) >= 11 is 25.8. The average Bonchev–Trinajstić information content (AvgIpc) is 1.79. The number of amides is 4. The molecule has 0 aliphatic carbocycles. The van der Waals surface area contributed by atoms with Gasteiger partial charge in [-0.2, -0.15) is 0 Å². The van der Waals surface area contributed by atoms with Gasteiger partial charge in [0.1, 0.15) is 40.9 Å². The Morgan fingerprint density at radius 2 is 0.756 bits per heavy atom. The Balaban J connectivity index is 0.000000191. The third kappa shape index (κ3) is 28.1. The van der Waals surface area contributed by atoms with Gasteiger partial charge in [0, 0.05) is 180 Å². The maximum Gasteiger partial charge on any atom is 0.287 e. The molecule has 0 fully saturated rings. The first-order valence-corrected chi connectivity index (χ1v) is 44.0. The Bertz CT molecular complexity index is 5930. The summed E-state index contributed by atoms with van der Waals surface area (Å²) in [5.74, 6) is 24.7. The second-order valence-corrected chi connectivity index (χ2v) is 32.3. The van der Waals surface area contributed by atoms with Crippen LogP contribution >= 0.6 is 57.7 Å². The number of carbonyl (C=O) groups is 4. The van der Waals surface area contributed by atoms with Gasteiger partial charge in [0.05, 0.1) is 57.1 Å². The minimum atomic E-state index is -0.660. The summed E-state index contributed by atoms with van der Waals surface area (Å²) in [7, 11) is 0. The average molecular weight is 1820 g/mol. The molecular weight excluding hydrogens is 1710 g/mol. The van der Waals surface area contributed by atoms with Gasteiger partial charge in [-0.05, 0) is 139 Å². The Hall–Kier alpha value is -11.8. The molecule has 0 saturated carbocycles. The van der Waals surface area contributed by atoms with Gasteiger partial charge in [0.2, 0.25) is 0 Å². The number of pyridine rings is 4. The first-order chi connectivity index (χ1) is 60.9. The van der Waals surface area contributed by atoms with Gasteiger partial charge in [-0.1, -0.05) is 173 Å². The summed E-state index contributed by atoms with van der Waals surface area (Å²) in [5, 5.41) is 62.7. The lowest BCUT2D eigenvalue weighted by Gasteiger charge is -2.21. The second kappa shape index (κ2) is 48.2. The molecule has 0 radical (unpaired) electrons. The molecule has 4 amide bonds. The molecule has 0 aliphatic rings. The van der Waals surface area contributed by atoms with Crippen molar-refractivity contribution < 1.29 is 44.0 Å². The number of aliphatic hydroxyl groups excluding tert-OH is 4. The van der Waals surface area contributed by atoms with Crippen LogP contribution in [0.1, 0.15) is 158 Å². The van der Waals surface area contributed by atoms with E-state index in [9.17, 15) is 39.6 Å². The van der Waals surface area contributed by atoms with Crippen molar-refractivity contribution in [3.8, 4) is 47.4 Å². The number of H-pyrrole nitrogens is 2. The number of furan rings is 1. The topological polar surface area (TPSA) is 411 Å². The molecule has 666 valence electrons. The van der Waals surface area contributed by atoms with E-state index in [2.05, 4.69) is 118 Å². The highest BCUT2D eigenvalue weighted by atomic mass is 35.5. The number of halogens is 4. The number of hydrogen-bond acceptors (Lipinski definition) is 22. The number of thiophene rings is 1. The number of nitrogens with one attached hydrogen (secondary N) is 6. The third-order valence-corrected chi connectivity index (χ3v) is 22.7. The molecule has 4 atom stereocenters. The molecule has 12 aromatic rings. The van der Waals surface area contributed by atoms with E-state index in [1.165, 1.54) is 17.6 Å². The van der Waals surface area contributed by atoms with Crippen LogP contribution in [0.25, 0.3) is 43.1 Å². The number of rotatable bonds is 28. The predicted octanol–water partition coefficient (Wildman–Crippen LogP) is 12.4. The van der Waals surface area contributed by atoms with Crippen molar-refractivity contribution in [2.45, 2.75) is 101 Å². The summed E-state index contributed by atoms with van der Waals surface area (Å²) in [6, 6.07) is 26.8. The van der Waals surface area contributed by atoms with Crippen LogP contribution in [0, 0.1) is 68.1 Å². The zero-order valence-corrected chi connectivity index (χ0v) is 76.7. The SMILES string of the molecule is CCN(CC)CC(O)CNC(=O)c1[nH]c(C)c(C#Cc2c(N)ncc3ccc(Cl)cc23)c1C.CCN(CC)CC(O)CNC(=O)c1cc(C#Cc2c(N)ncc3ccc(Cl)cc23)c(C)[nH]1.CCN(CC)CC(O)CNC(=O)c1cc(C#Cc2c(N)ncc3ccc(Cl)cc23)co1.CCN(CC)CC(O)CNC(=O)c1cc(C#Cc2c(N)ncc3ccc(Cl)cc23)cs1. The Morgan fingerprint density at radius 1 is 0.417 bits per heavy atom.